The molecule has 2 rings (SSSR count). The van der Waals surface area contributed by atoms with E-state index in [-0.39, 0.29) is 10.6 Å². The number of halogens is 7. The number of hydrogen-bond donors (Lipinski definition) is 1. The van der Waals surface area contributed by atoms with Crippen molar-refractivity contribution < 1.29 is 41.0 Å². The fourth-order valence-electron chi connectivity index (χ4n) is 2.00. The largest absolute Gasteiger partial charge is 0.478 e. The Morgan fingerprint density at radius 3 is 2.30 bits per heavy atom. The molecule has 1 aromatic heterocycles. The number of carboxylic acid groups (broad SMARTS) is 1. The maximum Gasteiger partial charge on any atom is 0.459 e. The van der Waals surface area contributed by atoms with Crippen LogP contribution in [0.5, 0.6) is 6.01 Å². The van der Waals surface area contributed by atoms with Crippen molar-refractivity contribution >= 4 is 17.6 Å². The predicted molar refractivity (Wildman–Crippen MR) is 78.3 cm³/mol. The van der Waals surface area contributed by atoms with Crippen molar-refractivity contribution in [2.24, 2.45) is 0 Å². The van der Waals surface area contributed by atoms with Gasteiger partial charge < -0.3 is 9.84 Å². The van der Waals surface area contributed by atoms with E-state index in [2.05, 4.69) is 9.72 Å². The van der Waals surface area contributed by atoms with Crippen LogP contribution in [0.3, 0.4) is 0 Å². The number of alkyl halides is 5. The molecular formula is C14H7ClF6N2O4. The van der Waals surface area contributed by atoms with E-state index >= 15 is 0 Å². The van der Waals surface area contributed by atoms with Crippen LogP contribution in [0.4, 0.5) is 26.3 Å². The smallest absolute Gasteiger partial charge is 0.459 e. The molecule has 13 heteroatoms. The number of ether oxygens (including phenoxy) is 1. The Kier molecular flexibility index (Phi) is 5.14. The summed E-state index contributed by atoms with van der Waals surface area (Å²) in [5.74, 6) is -8.37. The number of rotatable bonds is 4. The molecule has 2 aromatic rings. The molecule has 0 aliphatic rings. The molecule has 27 heavy (non-hydrogen) atoms. The lowest BCUT2D eigenvalue weighted by atomic mass is 10.2. The molecule has 6 nitrogen and oxygen atoms in total. The molecule has 146 valence electrons. The first kappa shape index (κ1) is 20.6. The molecule has 1 N–H and O–H groups in total. The topological polar surface area (TPSA) is 81.4 Å². The highest BCUT2D eigenvalue weighted by atomic mass is 35.5. The van der Waals surface area contributed by atoms with E-state index in [1.807, 2.05) is 0 Å². The third-order valence-electron chi connectivity index (χ3n) is 3.26. The van der Waals surface area contributed by atoms with Crippen LogP contribution < -0.4 is 10.3 Å². The van der Waals surface area contributed by atoms with Crippen LogP contribution in [-0.2, 0) is 5.92 Å². The van der Waals surface area contributed by atoms with Crippen molar-refractivity contribution in [1.82, 2.24) is 9.55 Å². The van der Waals surface area contributed by atoms with E-state index in [0.717, 1.165) is 7.11 Å². The number of methoxy groups -OCH3 is 1. The Morgan fingerprint density at radius 1 is 1.22 bits per heavy atom. The predicted octanol–water partition coefficient (Wildman–Crippen LogP) is 3.39. The molecule has 0 aliphatic carbocycles. The standard InChI is InChI=1S/C14H7ClF6N2O4/c1-27-12-22-9(13(17,18)14(19,20)21)4-10(24)23(12)8-2-5(11(25)26)6(15)3-7(8)16/h2-4H,1H3,(H,25,26). The van der Waals surface area contributed by atoms with E-state index in [0.29, 0.717) is 12.1 Å². The summed E-state index contributed by atoms with van der Waals surface area (Å²) in [5, 5.41) is 8.46. The molecule has 0 fully saturated rings. The van der Waals surface area contributed by atoms with Crippen molar-refractivity contribution in [2.45, 2.75) is 12.1 Å². The van der Waals surface area contributed by atoms with Crippen LogP contribution in [-0.4, -0.2) is 33.9 Å². The van der Waals surface area contributed by atoms with Crippen molar-refractivity contribution in [2.75, 3.05) is 7.11 Å². The fourth-order valence-corrected chi connectivity index (χ4v) is 2.23. The number of benzene rings is 1. The Hall–Kier alpha value is -2.76. The lowest BCUT2D eigenvalue weighted by Gasteiger charge is -2.20. The van der Waals surface area contributed by atoms with Gasteiger partial charge in [-0.2, -0.15) is 26.9 Å². The summed E-state index contributed by atoms with van der Waals surface area (Å²) in [6, 6.07) is -0.193. The number of aromatic carboxylic acids is 1. The van der Waals surface area contributed by atoms with Gasteiger partial charge in [0.05, 0.1) is 23.4 Å². The van der Waals surface area contributed by atoms with Gasteiger partial charge in [0.25, 0.3) is 5.56 Å². The summed E-state index contributed by atoms with van der Waals surface area (Å²) in [6.07, 6.45) is -6.05. The lowest BCUT2D eigenvalue weighted by molar-refractivity contribution is -0.291. The third kappa shape index (κ3) is 3.56. The van der Waals surface area contributed by atoms with Crippen molar-refractivity contribution in [3.8, 4) is 11.7 Å². The van der Waals surface area contributed by atoms with Crippen LogP contribution in [0.2, 0.25) is 5.02 Å². The van der Waals surface area contributed by atoms with Gasteiger partial charge in [-0.3, -0.25) is 4.79 Å². The van der Waals surface area contributed by atoms with Gasteiger partial charge in [0, 0.05) is 6.07 Å². The van der Waals surface area contributed by atoms with Crippen LogP contribution >= 0.6 is 11.6 Å². The molecule has 1 aromatic carbocycles. The van der Waals surface area contributed by atoms with Gasteiger partial charge >= 0.3 is 24.1 Å². The first-order valence-corrected chi connectivity index (χ1v) is 7.05. The monoisotopic (exact) mass is 416 g/mol. The maximum absolute atomic E-state index is 14.2. The summed E-state index contributed by atoms with van der Waals surface area (Å²) >= 11 is 5.55. The van der Waals surface area contributed by atoms with Crippen molar-refractivity contribution in [3.05, 3.63) is 50.7 Å². The summed E-state index contributed by atoms with van der Waals surface area (Å²) in [4.78, 5) is 26.1. The second kappa shape index (κ2) is 6.76. The van der Waals surface area contributed by atoms with Crippen LogP contribution in [0.1, 0.15) is 16.1 Å². The van der Waals surface area contributed by atoms with Gasteiger partial charge in [-0.25, -0.2) is 13.8 Å². The summed E-state index contributed by atoms with van der Waals surface area (Å²) in [5.41, 5.74) is -5.03. The summed E-state index contributed by atoms with van der Waals surface area (Å²) in [7, 11) is 0.777. The second-order valence-electron chi connectivity index (χ2n) is 4.96. The molecule has 0 bridgehead atoms. The SMILES string of the molecule is COc1nc(C(F)(F)C(F)(F)F)cc(=O)n1-c1cc(C(=O)O)c(Cl)cc1F. The number of hydrogen-bond acceptors (Lipinski definition) is 4. The van der Waals surface area contributed by atoms with Gasteiger partial charge in [0.2, 0.25) is 0 Å². The molecule has 0 radical (unpaired) electrons. The Labute approximate surface area is 150 Å². The molecule has 0 aliphatic heterocycles. The molecule has 0 atom stereocenters. The zero-order valence-electron chi connectivity index (χ0n) is 12.9. The van der Waals surface area contributed by atoms with Crippen LogP contribution in [0.25, 0.3) is 5.69 Å². The van der Waals surface area contributed by atoms with Gasteiger partial charge in [0.15, 0.2) is 0 Å². The van der Waals surface area contributed by atoms with Gasteiger partial charge in [-0.05, 0) is 12.1 Å². The Balaban J connectivity index is 2.80. The first-order valence-electron chi connectivity index (χ1n) is 6.67. The maximum atomic E-state index is 14.2. The Bertz CT molecular complexity index is 973. The Morgan fingerprint density at radius 2 is 1.81 bits per heavy atom. The minimum absolute atomic E-state index is 0.162. The van der Waals surface area contributed by atoms with Gasteiger partial charge in [-0.15, -0.1) is 0 Å². The molecule has 1 heterocycles. The minimum Gasteiger partial charge on any atom is -0.478 e. The van der Waals surface area contributed by atoms with Crippen molar-refractivity contribution in [3.63, 3.8) is 0 Å². The van der Waals surface area contributed by atoms with Crippen LogP contribution in [0, 0.1) is 5.82 Å². The summed E-state index contributed by atoms with van der Waals surface area (Å²) in [6.45, 7) is 0. The molecule has 0 unspecified atom stereocenters. The van der Waals surface area contributed by atoms with Crippen molar-refractivity contribution in [1.29, 1.82) is 0 Å². The second-order valence-corrected chi connectivity index (χ2v) is 5.37. The normalized spacial score (nSPS) is 12.1. The zero-order valence-corrected chi connectivity index (χ0v) is 13.7. The number of carbonyl (C=O) groups is 1. The van der Waals surface area contributed by atoms with E-state index in [1.54, 1.807) is 0 Å². The van der Waals surface area contributed by atoms with E-state index < -0.39 is 57.4 Å². The third-order valence-corrected chi connectivity index (χ3v) is 3.57. The molecule has 0 saturated carbocycles. The quantitative estimate of drug-likeness (QED) is 0.773. The van der Waals surface area contributed by atoms with Crippen LogP contribution in [0.15, 0.2) is 23.0 Å². The molecular weight excluding hydrogens is 410 g/mol. The van der Waals surface area contributed by atoms with Gasteiger partial charge in [0.1, 0.15) is 11.5 Å². The number of carboxylic acids is 1. The van der Waals surface area contributed by atoms with E-state index in [9.17, 15) is 35.9 Å². The highest BCUT2D eigenvalue weighted by Crippen LogP contribution is 2.43. The zero-order chi connectivity index (χ0) is 20.7. The number of nitrogens with zero attached hydrogens (tertiary/aromatic N) is 2. The molecule has 0 amide bonds. The average molecular weight is 417 g/mol. The lowest BCUT2D eigenvalue weighted by Crippen LogP contribution is -2.37. The average Bonchev–Trinajstić information content (AvgIpc) is 2.53. The summed E-state index contributed by atoms with van der Waals surface area (Å²) < 4.78 is 83.2. The highest BCUT2D eigenvalue weighted by molar-refractivity contribution is 6.33. The number of aromatic nitrogens is 2. The minimum atomic E-state index is -6.05. The first-order chi connectivity index (χ1) is 12.3. The van der Waals surface area contributed by atoms with Gasteiger partial charge in [-0.1, -0.05) is 11.6 Å². The van der Waals surface area contributed by atoms with E-state index in [1.165, 1.54) is 0 Å². The van der Waals surface area contributed by atoms with E-state index in [4.69, 9.17) is 16.7 Å². The molecule has 0 spiro atoms. The molecule has 0 saturated heterocycles. The highest BCUT2D eigenvalue weighted by Gasteiger charge is 2.60. The fraction of sp³-hybridized carbons (Fsp3) is 0.214.